The molecule has 2 aliphatic carbocycles. The molecule has 0 aromatic heterocycles. The molecule has 0 aromatic carbocycles. The maximum absolute atomic E-state index is 12.1. The maximum atomic E-state index is 12.1. The number of hydrogen-bond acceptors (Lipinski definition) is 2. The molecular formula is C17H29NO3. The summed E-state index contributed by atoms with van der Waals surface area (Å²) in [6.45, 7) is 6.34. The summed E-state index contributed by atoms with van der Waals surface area (Å²) >= 11 is 0. The summed E-state index contributed by atoms with van der Waals surface area (Å²) in [4.78, 5) is 23.4. The molecule has 0 aliphatic heterocycles. The van der Waals surface area contributed by atoms with Crippen LogP contribution < -0.4 is 5.32 Å². The lowest BCUT2D eigenvalue weighted by atomic mass is 9.84. The molecule has 0 aromatic rings. The van der Waals surface area contributed by atoms with E-state index >= 15 is 0 Å². The number of carbonyl (C=O) groups is 2. The lowest BCUT2D eigenvalue weighted by Crippen LogP contribution is -2.36. The zero-order chi connectivity index (χ0) is 15.6. The first kappa shape index (κ1) is 16.3. The Kier molecular flexibility index (Phi) is 4.95. The van der Waals surface area contributed by atoms with Gasteiger partial charge in [-0.25, -0.2) is 0 Å². The van der Waals surface area contributed by atoms with E-state index in [9.17, 15) is 14.7 Å². The van der Waals surface area contributed by atoms with Crippen molar-refractivity contribution in [1.29, 1.82) is 0 Å². The van der Waals surface area contributed by atoms with Crippen LogP contribution >= 0.6 is 0 Å². The lowest BCUT2D eigenvalue weighted by Gasteiger charge is -2.24. The van der Waals surface area contributed by atoms with Crippen LogP contribution in [0.15, 0.2) is 0 Å². The second-order valence-electron chi connectivity index (χ2n) is 8.24. The number of nitrogens with one attached hydrogen (secondary N) is 1. The van der Waals surface area contributed by atoms with E-state index < -0.39 is 11.9 Å². The molecule has 0 spiro atoms. The van der Waals surface area contributed by atoms with Gasteiger partial charge in [0.1, 0.15) is 0 Å². The Morgan fingerprint density at radius 2 is 1.95 bits per heavy atom. The summed E-state index contributed by atoms with van der Waals surface area (Å²) in [6, 6.07) is 0. The van der Waals surface area contributed by atoms with Gasteiger partial charge < -0.3 is 10.4 Å². The maximum Gasteiger partial charge on any atom is 0.308 e. The third-order valence-electron chi connectivity index (χ3n) is 5.09. The SMILES string of the molecule is CC(C)(C)CC(CNC(=O)CC1CC2CCC1C2)C(=O)O. The van der Waals surface area contributed by atoms with Gasteiger partial charge in [0, 0.05) is 13.0 Å². The molecule has 21 heavy (non-hydrogen) atoms. The fourth-order valence-electron chi connectivity index (χ4n) is 4.16. The normalized spacial score (nSPS) is 29.4. The van der Waals surface area contributed by atoms with Crippen molar-refractivity contribution in [3.63, 3.8) is 0 Å². The van der Waals surface area contributed by atoms with E-state index in [1.807, 2.05) is 20.8 Å². The van der Waals surface area contributed by atoms with E-state index in [-0.39, 0.29) is 17.9 Å². The van der Waals surface area contributed by atoms with Crippen LogP contribution in [0.25, 0.3) is 0 Å². The summed E-state index contributed by atoms with van der Waals surface area (Å²) in [5.74, 6) is 0.854. The Hall–Kier alpha value is -1.06. The Labute approximate surface area is 127 Å². The highest BCUT2D eigenvalue weighted by molar-refractivity contribution is 5.77. The number of aliphatic carboxylic acids is 1. The smallest absolute Gasteiger partial charge is 0.308 e. The summed E-state index contributed by atoms with van der Waals surface area (Å²) in [5, 5.41) is 12.1. The molecule has 4 nitrogen and oxygen atoms in total. The lowest BCUT2D eigenvalue weighted by molar-refractivity contribution is -0.142. The van der Waals surface area contributed by atoms with Crippen LogP contribution in [0.1, 0.15) is 59.3 Å². The minimum Gasteiger partial charge on any atom is -0.481 e. The van der Waals surface area contributed by atoms with Crippen molar-refractivity contribution in [1.82, 2.24) is 5.32 Å². The van der Waals surface area contributed by atoms with Crippen LogP contribution in [-0.2, 0) is 9.59 Å². The van der Waals surface area contributed by atoms with Crippen molar-refractivity contribution in [3.8, 4) is 0 Å². The van der Waals surface area contributed by atoms with Gasteiger partial charge in [-0.2, -0.15) is 0 Å². The Morgan fingerprint density at radius 3 is 2.43 bits per heavy atom. The molecule has 0 saturated heterocycles. The highest BCUT2D eigenvalue weighted by atomic mass is 16.4. The molecule has 4 heteroatoms. The zero-order valence-electron chi connectivity index (χ0n) is 13.5. The number of carbonyl (C=O) groups excluding carboxylic acids is 1. The number of hydrogen-bond donors (Lipinski definition) is 2. The van der Waals surface area contributed by atoms with Gasteiger partial charge in [-0.3, -0.25) is 9.59 Å². The molecule has 2 rings (SSSR count). The number of carboxylic acids is 1. The fraction of sp³-hybridized carbons (Fsp3) is 0.882. The van der Waals surface area contributed by atoms with Crippen LogP contribution in [0.3, 0.4) is 0 Å². The highest BCUT2D eigenvalue weighted by Crippen LogP contribution is 2.49. The summed E-state index contributed by atoms with van der Waals surface area (Å²) in [5.41, 5.74) is -0.0433. The van der Waals surface area contributed by atoms with Crippen LogP contribution in [0.5, 0.6) is 0 Å². The van der Waals surface area contributed by atoms with Gasteiger partial charge in [0.05, 0.1) is 5.92 Å². The van der Waals surface area contributed by atoms with Crippen molar-refractivity contribution < 1.29 is 14.7 Å². The van der Waals surface area contributed by atoms with Gasteiger partial charge in [0.15, 0.2) is 0 Å². The molecule has 4 atom stereocenters. The van der Waals surface area contributed by atoms with E-state index in [2.05, 4.69) is 5.32 Å². The number of carboxylic acid groups (broad SMARTS) is 1. The van der Waals surface area contributed by atoms with Gasteiger partial charge in [-0.1, -0.05) is 27.2 Å². The molecule has 0 heterocycles. The monoisotopic (exact) mass is 295 g/mol. The van der Waals surface area contributed by atoms with Crippen molar-refractivity contribution in [3.05, 3.63) is 0 Å². The summed E-state index contributed by atoms with van der Waals surface area (Å²) < 4.78 is 0. The van der Waals surface area contributed by atoms with Gasteiger partial charge in [0.2, 0.25) is 5.91 Å². The first-order valence-corrected chi connectivity index (χ1v) is 8.24. The predicted octanol–water partition coefficient (Wildman–Crippen LogP) is 3.07. The topological polar surface area (TPSA) is 66.4 Å². The minimum atomic E-state index is -0.815. The van der Waals surface area contributed by atoms with Crippen molar-refractivity contribution >= 4 is 11.9 Å². The van der Waals surface area contributed by atoms with Crippen LogP contribution in [0, 0.1) is 29.1 Å². The molecule has 2 saturated carbocycles. The quantitative estimate of drug-likeness (QED) is 0.791. The minimum absolute atomic E-state index is 0.0349. The first-order chi connectivity index (χ1) is 9.74. The third-order valence-corrected chi connectivity index (χ3v) is 5.09. The second kappa shape index (κ2) is 6.37. The Morgan fingerprint density at radius 1 is 1.24 bits per heavy atom. The molecule has 2 fully saturated rings. The Balaban J connectivity index is 1.75. The number of fused-ring (bicyclic) bond motifs is 2. The van der Waals surface area contributed by atoms with E-state index in [0.717, 1.165) is 11.8 Å². The van der Waals surface area contributed by atoms with Crippen LogP contribution in [0.2, 0.25) is 0 Å². The summed E-state index contributed by atoms with van der Waals surface area (Å²) in [7, 11) is 0. The van der Waals surface area contributed by atoms with Crippen molar-refractivity contribution in [2.75, 3.05) is 6.54 Å². The molecule has 0 radical (unpaired) electrons. The van der Waals surface area contributed by atoms with Gasteiger partial charge in [-0.05, 0) is 48.9 Å². The molecule has 4 unspecified atom stereocenters. The first-order valence-electron chi connectivity index (χ1n) is 8.24. The van der Waals surface area contributed by atoms with Crippen molar-refractivity contribution in [2.24, 2.45) is 29.1 Å². The van der Waals surface area contributed by atoms with Gasteiger partial charge >= 0.3 is 5.97 Å². The van der Waals surface area contributed by atoms with Crippen molar-refractivity contribution in [2.45, 2.75) is 59.3 Å². The van der Waals surface area contributed by atoms with Crippen LogP contribution in [0.4, 0.5) is 0 Å². The largest absolute Gasteiger partial charge is 0.481 e. The molecular weight excluding hydrogens is 266 g/mol. The average molecular weight is 295 g/mol. The highest BCUT2D eigenvalue weighted by Gasteiger charge is 2.40. The van der Waals surface area contributed by atoms with Crippen LogP contribution in [-0.4, -0.2) is 23.5 Å². The average Bonchev–Trinajstić information content (AvgIpc) is 2.94. The van der Waals surface area contributed by atoms with Gasteiger partial charge in [-0.15, -0.1) is 0 Å². The molecule has 2 aliphatic rings. The standard InChI is InChI=1S/C17H29NO3/c1-17(2,3)9-14(16(20)21)10-18-15(19)8-13-7-11-4-5-12(13)6-11/h11-14H,4-10H2,1-3H3,(H,18,19)(H,20,21). The van der Waals surface area contributed by atoms with Gasteiger partial charge in [0.25, 0.3) is 0 Å². The molecule has 120 valence electrons. The zero-order valence-corrected chi connectivity index (χ0v) is 13.5. The predicted molar refractivity (Wildman–Crippen MR) is 81.8 cm³/mol. The number of rotatable bonds is 6. The molecule has 1 amide bonds. The number of amides is 1. The molecule has 2 N–H and O–H groups in total. The Bertz CT molecular complexity index is 399. The van der Waals surface area contributed by atoms with E-state index in [0.29, 0.717) is 18.8 Å². The van der Waals surface area contributed by atoms with E-state index in [1.54, 1.807) is 0 Å². The second-order valence-corrected chi connectivity index (χ2v) is 8.24. The van der Waals surface area contributed by atoms with E-state index in [1.165, 1.54) is 25.7 Å². The third kappa shape index (κ3) is 4.72. The van der Waals surface area contributed by atoms with E-state index in [4.69, 9.17) is 0 Å². The molecule has 2 bridgehead atoms. The fourth-order valence-corrected chi connectivity index (χ4v) is 4.16. The summed E-state index contributed by atoms with van der Waals surface area (Å²) in [6.07, 6.45) is 6.29.